The average Bonchev–Trinajstić information content (AvgIpc) is 2.59. The molecule has 3 heterocycles. The molecule has 0 saturated carbocycles. The van der Waals surface area contributed by atoms with Crippen LogP contribution in [-0.4, -0.2) is 17.2 Å². The lowest BCUT2D eigenvalue weighted by atomic mass is 10.1. The minimum absolute atomic E-state index is 0.150. The predicted molar refractivity (Wildman–Crippen MR) is 73.9 cm³/mol. The molecule has 2 aromatic heterocycles. The predicted octanol–water partition coefficient (Wildman–Crippen LogP) is 2.17. The highest BCUT2D eigenvalue weighted by molar-refractivity contribution is 7.17. The molecule has 0 fully saturated rings. The minimum Gasteiger partial charge on any atom is -0.284 e. The average molecular weight is 293 g/mol. The van der Waals surface area contributed by atoms with E-state index in [1.54, 1.807) is 18.3 Å². The smallest absolute Gasteiger partial charge is 0.284 e. The van der Waals surface area contributed by atoms with E-state index in [0.717, 1.165) is 27.4 Å². The van der Waals surface area contributed by atoms with Crippen LogP contribution in [0.5, 0.6) is 0 Å². The Morgan fingerprint density at radius 1 is 1.58 bits per heavy atom. The van der Waals surface area contributed by atoms with Crippen LogP contribution in [0, 0.1) is 11.3 Å². The minimum atomic E-state index is 0.150. The molecule has 1 aliphatic heterocycles. The van der Waals surface area contributed by atoms with E-state index in [1.807, 2.05) is 13.1 Å². The van der Waals surface area contributed by atoms with E-state index >= 15 is 0 Å². The van der Waals surface area contributed by atoms with Gasteiger partial charge in [0.05, 0.1) is 32.6 Å². The van der Waals surface area contributed by atoms with Crippen LogP contribution in [0.4, 0.5) is 11.5 Å². The van der Waals surface area contributed by atoms with E-state index in [1.165, 1.54) is 6.20 Å². The second-order valence-electron chi connectivity index (χ2n) is 4.48. The van der Waals surface area contributed by atoms with E-state index in [2.05, 4.69) is 14.4 Å². The Labute approximate surface area is 117 Å². The molecular weight excluding hydrogens is 283 g/mol. The van der Waals surface area contributed by atoms with Crippen molar-refractivity contribution in [3.05, 3.63) is 35.2 Å². The fourth-order valence-corrected chi connectivity index (χ4v) is 2.97. The molecule has 0 spiro atoms. The Hall–Kier alpha value is -1.73. The number of nitriles is 1. The highest BCUT2D eigenvalue weighted by Crippen LogP contribution is 2.54. The van der Waals surface area contributed by atoms with Crippen molar-refractivity contribution in [2.45, 2.75) is 0 Å². The van der Waals surface area contributed by atoms with Crippen LogP contribution in [0.25, 0.3) is 11.1 Å². The molecule has 3 rings (SSSR count). The van der Waals surface area contributed by atoms with Gasteiger partial charge < -0.3 is 0 Å². The first-order chi connectivity index (χ1) is 8.96. The second kappa shape index (κ2) is 3.88. The Balaban J connectivity index is 2.44. The fourth-order valence-electron chi connectivity index (χ4n) is 2.33. The Morgan fingerprint density at radius 3 is 3.00 bits per heavy atom. The molecule has 0 saturated heterocycles. The first-order valence-corrected chi connectivity index (χ1v) is 6.36. The lowest BCUT2D eigenvalue weighted by molar-refractivity contribution is -0.906. The van der Waals surface area contributed by atoms with Crippen molar-refractivity contribution in [2.24, 2.45) is 0 Å². The molecule has 0 amide bonds. The van der Waals surface area contributed by atoms with Gasteiger partial charge in [-0.05, 0) is 6.07 Å². The van der Waals surface area contributed by atoms with Gasteiger partial charge in [0.2, 0.25) is 11.5 Å². The monoisotopic (exact) mass is 292 g/mol. The first kappa shape index (κ1) is 12.3. The zero-order valence-electron chi connectivity index (χ0n) is 10.0. The maximum Gasteiger partial charge on any atom is 0.334 e. The van der Waals surface area contributed by atoms with Crippen molar-refractivity contribution in [3.63, 3.8) is 0 Å². The third kappa shape index (κ3) is 1.55. The number of hydrogen-bond donors (Lipinski definition) is 1. The molecule has 1 N–H and O–H groups in total. The van der Waals surface area contributed by atoms with Crippen LogP contribution < -0.4 is 8.98 Å². The molecule has 2 atom stereocenters. The van der Waals surface area contributed by atoms with Crippen LogP contribution >= 0.6 is 21.0 Å². The Kier molecular flexibility index (Phi) is 2.51. The standard InChI is InChI=1S/C12H10ClN4OP/c1-17(19)10-6-16(18)7(5-14)4-8(10)11-9(13)2-3-15-12(11)17/h2-4,6,18H,19H2,1H3/q+2. The highest BCUT2D eigenvalue weighted by Gasteiger charge is 2.44. The summed E-state index contributed by atoms with van der Waals surface area (Å²) in [5, 5.41) is 19.4. The molecule has 7 heteroatoms. The molecule has 94 valence electrons. The number of nitrogens with zero attached hydrogens (tertiary/aromatic N) is 4. The zero-order valence-corrected chi connectivity index (χ0v) is 11.9. The van der Waals surface area contributed by atoms with Crippen molar-refractivity contribution in [3.8, 4) is 17.2 Å². The van der Waals surface area contributed by atoms with Gasteiger partial charge in [-0.1, -0.05) is 11.6 Å². The van der Waals surface area contributed by atoms with Crippen LogP contribution in [0.1, 0.15) is 5.69 Å². The third-order valence-corrected chi connectivity index (χ3v) is 4.09. The van der Waals surface area contributed by atoms with Gasteiger partial charge in [0, 0.05) is 17.0 Å². The summed E-state index contributed by atoms with van der Waals surface area (Å²) in [5.74, 6) is 0.766. The van der Waals surface area contributed by atoms with E-state index < -0.39 is 0 Å². The molecule has 2 unspecified atom stereocenters. The van der Waals surface area contributed by atoms with Crippen LogP contribution in [0.15, 0.2) is 24.5 Å². The Bertz CT molecular complexity index is 754. The van der Waals surface area contributed by atoms with E-state index in [4.69, 9.17) is 16.9 Å². The summed E-state index contributed by atoms with van der Waals surface area (Å²) in [4.78, 5) is 4.37. The molecular formula is C12H10ClN4OP+2. The fraction of sp³-hybridized carbons (Fsp3) is 0.0833. The molecule has 19 heavy (non-hydrogen) atoms. The van der Waals surface area contributed by atoms with Gasteiger partial charge in [0.1, 0.15) is 0 Å². The summed E-state index contributed by atoms with van der Waals surface area (Å²) in [6, 6.07) is 5.27. The number of halogens is 1. The summed E-state index contributed by atoms with van der Waals surface area (Å²) < 4.78 is 1.11. The van der Waals surface area contributed by atoms with Gasteiger partial charge in [-0.25, -0.2) is 9.24 Å². The number of rotatable bonds is 0. The van der Waals surface area contributed by atoms with E-state index in [-0.39, 0.29) is 9.95 Å². The SMILES string of the molecule is C[N+]1(P)c2c[n+](O)c(C#N)cc2-c2c(Cl)ccnc21. The van der Waals surface area contributed by atoms with Crippen molar-refractivity contribution < 1.29 is 9.94 Å². The molecule has 0 aliphatic carbocycles. The highest BCUT2D eigenvalue weighted by atomic mass is 35.5. The van der Waals surface area contributed by atoms with Gasteiger partial charge in [0.15, 0.2) is 6.07 Å². The molecule has 1 aliphatic rings. The molecule has 5 nitrogen and oxygen atoms in total. The van der Waals surface area contributed by atoms with Gasteiger partial charge in [-0.15, -0.1) is 0 Å². The number of hydrogen-bond acceptors (Lipinski definition) is 3. The van der Waals surface area contributed by atoms with Crippen molar-refractivity contribution in [1.82, 2.24) is 9.24 Å². The van der Waals surface area contributed by atoms with Gasteiger partial charge in [0.25, 0.3) is 6.20 Å². The maximum atomic E-state index is 9.78. The summed E-state index contributed by atoms with van der Waals surface area (Å²) in [6.07, 6.45) is 3.16. The summed E-state index contributed by atoms with van der Waals surface area (Å²) in [6.45, 7) is 0. The first-order valence-electron chi connectivity index (χ1n) is 5.47. The van der Waals surface area contributed by atoms with Gasteiger partial charge >= 0.3 is 5.69 Å². The summed E-state index contributed by atoms with van der Waals surface area (Å²) >= 11 is 6.25. The van der Waals surface area contributed by atoms with Crippen molar-refractivity contribution >= 4 is 32.5 Å². The number of quaternary nitrogens is 1. The normalized spacial score (nSPS) is 19.7. The molecule has 0 bridgehead atoms. The summed E-state index contributed by atoms with van der Waals surface area (Å²) in [7, 11) is 4.59. The topological polar surface area (TPSA) is 60.8 Å². The van der Waals surface area contributed by atoms with Gasteiger partial charge in [-0.2, -0.15) is 5.26 Å². The summed E-state index contributed by atoms with van der Waals surface area (Å²) in [5.41, 5.74) is 2.57. The molecule has 0 aromatic carbocycles. The molecule has 0 radical (unpaired) electrons. The van der Waals surface area contributed by atoms with E-state index in [9.17, 15) is 5.21 Å². The van der Waals surface area contributed by atoms with E-state index in [0.29, 0.717) is 5.02 Å². The number of pyridine rings is 2. The quantitative estimate of drug-likeness (QED) is 0.460. The van der Waals surface area contributed by atoms with Gasteiger partial charge in [-0.3, -0.25) is 5.21 Å². The lowest BCUT2D eigenvalue weighted by Crippen LogP contribution is -2.36. The van der Waals surface area contributed by atoms with Crippen molar-refractivity contribution in [1.29, 1.82) is 5.26 Å². The Morgan fingerprint density at radius 2 is 2.32 bits per heavy atom. The zero-order chi connectivity index (χ0) is 13.8. The lowest BCUT2D eigenvalue weighted by Gasteiger charge is -2.20. The number of aromatic nitrogens is 2. The number of fused-ring (bicyclic) bond motifs is 3. The van der Waals surface area contributed by atoms with Crippen LogP contribution in [-0.2, 0) is 0 Å². The largest absolute Gasteiger partial charge is 0.334 e. The molecule has 2 aromatic rings. The van der Waals surface area contributed by atoms with Crippen LogP contribution in [0.3, 0.4) is 0 Å². The van der Waals surface area contributed by atoms with Crippen LogP contribution in [0.2, 0.25) is 5.02 Å². The third-order valence-electron chi connectivity index (χ3n) is 3.25. The maximum absolute atomic E-state index is 9.78. The van der Waals surface area contributed by atoms with Crippen molar-refractivity contribution in [2.75, 3.05) is 7.05 Å². The second-order valence-corrected chi connectivity index (χ2v) is 5.92.